The van der Waals surface area contributed by atoms with Gasteiger partial charge in [0.05, 0.1) is 13.2 Å². The predicted molar refractivity (Wildman–Crippen MR) is 51.1 cm³/mol. The van der Waals surface area contributed by atoms with Crippen LogP contribution in [-0.4, -0.2) is 51.3 Å². The van der Waals surface area contributed by atoms with Crippen LogP contribution in [-0.2, 0) is 19.3 Å². The molecular weight excluding hydrogens is 210 g/mol. The highest BCUT2D eigenvalue weighted by atomic mass is 32.3. The molecule has 0 aromatic heterocycles. The quantitative estimate of drug-likeness (QED) is 0.219. The Balaban J connectivity index is 0. The zero-order valence-electron chi connectivity index (χ0n) is 8.89. The van der Waals surface area contributed by atoms with E-state index in [-0.39, 0.29) is 6.61 Å². The van der Waals surface area contributed by atoms with Gasteiger partial charge in [-0.3, -0.25) is 4.18 Å². The molecule has 0 heterocycles. The lowest BCUT2D eigenvalue weighted by Gasteiger charge is -2.02. The molecule has 86 valence electrons. The zero-order chi connectivity index (χ0) is 11.6. The summed E-state index contributed by atoms with van der Waals surface area (Å²) in [5, 5.41) is 0. The summed E-state index contributed by atoms with van der Waals surface area (Å²) in [6, 6.07) is 0. The van der Waals surface area contributed by atoms with Gasteiger partial charge in [-0.15, -0.1) is 0 Å². The molecule has 0 saturated heterocycles. The van der Waals surface area contributed by atoms with Crippen molar-refractivity contribution >= 4 is 16.8 Å². The average molecular weight is 227 g/mol. The van der Waals surface area contributed by atoms with E-state index in [1.165, 1.54) is 6.92 Å². The summed E-state index contributed by atoms with van der Waals surface area (Å²) in [4.78, 5) is 0. The molecule has 0 aromatic rings. The van der Waals surface area contributed by atoms with Crippen molar-refractivity contribution in [2.45, 2.75) is 13.8 Å². The van der Waals surface area contributed by atoms with Gasteiger partial charge in [-0.2, -0.15) is 0 Å². The van der Waals surface area contributed by atoms with Gasteiger partial charge in [0.15, 0.2) is 0 Å². The van der Waals surface area contributed by atoms with Gasteiger partial charge in [0.25, 0.3) is 0 Å². The first-order valence-corrected chi connectivity index (χ1v) is 5.38. The van der Waals surface area contributed by atoms with Crippen LogP contribution < -0.4 is 0 Å². The predicted octanol–water partition coefficient (Wildman–Crippen LogP) is -0.194. The minimum atomic E-state index is -4.42. The number of nitrogens with zero attached hydrogens (tertiary/aromatic N) is 1. The Labute approximate surface area is 85.1 Å². The van der Waals surface area contributed by atoms with E-state index in [2.05, 4.69) is 4.18 Å². The molecule has 0 amide bonds. The second-order valence-corrected chi connectivity index (χ2v) is 3.39. The molecule has 0 saturated carbocycles. The van der Waals surface area contributed by atoms with Crippen LogP contribution >= 0.6 is 0 Å². The Kier molecular flexibility index (Phi) is 10.1. The summed E-state index contributed by atoms with van der Waals surface area (Å²) in [7, 11) is -0.572. The molecule has 14 heavy (non-hydrogen) atoms. The molecule has 0 radical (unpaired) electrons. The molecule has 0 aromatic carbocycles. The van der Waals surface area contributed by atoms with Gasteiger partial charge >= 0.3 is 6.40 Å². The standard InChI is InChI=1S/C5H12NO.C2H6O4S/c1-4-7-5-6(2)3;1-2-6-7(3,4)5/h5H,4H2,1-3H3;2H2,1H3,(H,3,4,5)/q+1;/p-1. The minimum absolute atomic E-state index is 0.0914. The van der Waals surface area contributed by atoms with Gasteiger partial charge in [0, 0.05) is 0 Å². The van der Waals surface area contributed by atoms with Crippen molar-refractivity contribution in [2.75, 3.05) is 27.3 Å². The van der Waals surface area contributed by atoms with Gasteiger partial charge in [-0.25, -0.2) is 13.0 Å². The monoisotopic (exact) mass is 227 g/mol. The molecule has 0 aliphatic carbocycles. The van der Waals surface area contributed by atoms with Gasteiger partial charge < -0.3 is 9.29 Å². The number of hydrogen-bond donors (Lipinski definition) is 0. The van der Waals surface area contributed by atoms with Crippen molar-refractivity contribution in [1.29, 1.82) is 0 Å². The summed E-state index contributed by atoms with van der Waals surface area (Å²) in [6.45, 7) is 4.04. The van der Waals surface area contributed by atoms with Gasteiger partial charge in [0.2, 0.25) is 10.4 Å². The third kappa shape index (κ3) is 22.5. The fraction of sp³-hybridized carbons (Fsp3) is 0.857. The maximum absolute atomic E-state index is 9.45. The van der Waals surface area contributed by atoms with E-state index >= 15 is 0 Å². The molecule has 0 bridgehead atoms. The van der Waals surface area contributed by atoms with Crippen molar-refractivity contribution in [2.24, 2.45) is 0 Å². The molecule has 7 heteroatoms. The third-order valence-electron chi connectivity index (χ3n) is 0.714. The Morgan fingerprint density at radius 1 is 1.29 bits per heavy atom. The first-order valence-electron chi connectivity index (χ1n) is 4.05. The Hall–Kier alpha value is -0.660. The lowest BCUT2D eigenvalue weighted by atomic mass is 10.9. The lowest BCUT2D eigenvalue weighted by Crippen LogP contribution is -2.02. The topological polar surface area (TPSA) is 78.7 Å². The van der Waals surface area contributed by atoms with Crippen LogP contribution in [0, 0.1) is 0 Å². The van der Waals surface area contributed by atoms with Crippen LogP contribution in [0.4, 0.5) is 0 Å². The number of hydrogen-bond acceptors (Lipinski definition) is 5. The molecule has 0 unspecified atom stereocenters. The highest BCUT2D eigenvalue weighted by Crippen LogP contribution is 1.80. The highest BCUT2D eigenvalue weighted by molar-refractivity contribution is 7.80. The van der Waals surface area contributed by atoms with Crippen LogP contribution in [0.2, 0.25) is 0 Å². The summed E-state index contributed by atoms with van der Waals surface area (Å²) in [5.74, 6) is 0. The van der Waals surface area contributed by atoms with Gasteiger partial charge in [-0.1, -0.05) is 0 Å². The number of rotatable bonds is 4. The molecule has 0 N–H and O–H groups in total. The SMILES string of the molecule is CCOC=[N+](C)C.CCOS(=O)(=O)[O-]. The van der Waals surface area contributed by atoms with E-state index in [1.54, 1.807) is 6.40 Å². The fourth-order valence-electron chi connectivity index (χ4n) is 0.368. The normalized spacial score (nSPS) is 9.79. The smallest absolute Gasteiger partial charge is 0.323 e. The first-order chi connectivity index (χ1) is 6.33. The second kappa shape index (κ2) is 8.92. The maximum atomic E-state index is 9.45. The molecule has 0 atom stereocenters. The largest absolute Gasteiger partial charge is 0.726 e. The van der Waals surface area contributed by atoms with Crippen molar-refractivity contribution < 1.29 is 26.5 Å². The highest BCUT2D eigenvalue weighted by Gasteiger charge is 1.85. The Morgan fingerprint density at radius 3 is 1.86 bits per heavy atom. The van der Waals surface area contributed by atoms with Crippen LogP contribution in [0.3, 0.4) is 0 Å². The van der Waals surface area contributed by atoms with Crippen molar-refractivity contribution in [1.82, 2.24) is 0 Å². The summed E-state index contributed by atoms with van der Waals surface area (Å²) in [6.07, 6.45) is 1.68. The van der Waals surface area contributed by atoms with Crippen LogP contribution in [0.15, 0.2) is 0 Å². The zero-order valence-corrected chi connectivity index (χ0v) is 9.70. The summed E-state index contributed by atoms with van der Waals surface area (Å²) >= 11 is 0. The summed E-state index contributed by atoms with van der Waals surface area (Å²) in [5.41, 5.74) is 0. The van der Waals surface area contributed by atoms with E-state index in [1.807, 2.05) is 25.6 Å². The van der Waals surface area contributed by atoms with E-state index in [0.717, 1.165) is 6.61 Å². The molecular formula is C7H17NO5S. The minimum Gasteiger partial charge on any atom is -0.726 e. The first kappa shape index (κ1) is 15.8. The Bertz CT molecular complexity index is 243. The molecule has 0 spiro atoms. The van der Waals surface area contributed by atoms with Crippen molar-refractivity contribution in [3.63, 3.8) is 0 Å². The molecule has 0 fully saturated rings. The van der Waals surface area contributed by atoms with Crippen molar-refractivity contribution in [3.05, 3.63) is 0 Å². The average Bonchev–Trinajstić information content (AvgIpc) is 1.99. The number of ether oxygens (including phenoxy) is 1. The van der Waals surface area contributed by atoms with Crippen LogP contribution in [0.5, 0.6) is 0 Å². The molecule has 6 nitrogen and oxygen atoms in total. The maximum Gasteiger partial charge on any atom is 0.323 e. The molecule has 0 aliphatic rings. The van der Waals surface area contributed by atoms with Crippen LogP contribution in [0.25, 0.3) is 0 Å². The van der Waals surface area contributed by atoms with E-state index in [0.29, 0.717) is 0 Å². The summed E-state index contributed by atoms with van der Waals surface area (Å²) < 4.78 is 38.8. The second-order valence-electron chi connectivity index (χ2n) is 2.34. The lowest BCUT2D eigenvalue weighted by molar-refractivity contribution is -0.468. The van der Waals surface area contributed by atoms with E-state index < -0.39 is 10.4 Å². The van der Waals surface area contributed by atoms with E-state index in [4.69, 9.17) is 4.74 Å². The van der Waals surface area contributed by atoms with Gasteiger partial charge in [0.1, 0.15) is 14.1 Å². The Morgan fingerprint density at radius 2 is 1.79 bits per heavy atom. The fourth-order valence-corrected chi connectivity index (χ4v) is 0.657. The van der Waals surface area contributed by atoms with E-state index in [9.17, 15) is 13.0 Å². The van der Waals surface area contributed by atoms with Crippen LogP contribution in [0.1, 0.15) is 13.8 Å². The third-order valence-corrected chi connectivity index (χ3v) is 1.24. The van der Waals surface area contributed by atoms with Crippen molar-refractivity contribution in [3.8, 4) is 0 Å². The molecule has 0 rings (SSSR count). The van der Waals surface area contributed by atoms with Gasteiger partial charge in [-0.05, 0) is 13.8 Å². The molecule has 0 aliphatic heterocycles.